The Hall–Kier alpha value is -5.60. The number of hydrogen-bond acceptors (Lipinski definition) is 5. The molecule has 4 fully saturated rings. The van der Waals surface area contributed by atoms with Crippen LogP contribution in [0.25, 0.3) is 67.2 Å². The molecule has 0 spiro atoms. The minimum Gasteiger partial charge on any atom is -0.455 e. The number of nitriles is 1. The van der Waals surface area contributed by atoms with E-state index in [-0.39, 0.29) is 0 Å². The van der Waals surface area contributed by atoms with Crippen molar-refractivity contribution in [1.82, 2.24) is 15.0 Å². The van der Waals surface area contributed by atoms with Crippen molar-refractivity contribution in [2.45, 2.75) is 43.9 Å². The first-order valence-corrected chi connectivity index (χ1v) is 17.5. The van der Waals surface area contributed by atoms with Crippen LogP contribution in [-0.2, 0) is 5.41 Å². The van der Waals surface area contributed by atoms with E-state index in [0.717, 1.165) is 61.9 Å². The Morgan fingerprint density at radius 3 is 1.84 bits per heavy atom. The molecule has 11 rings (SSSR count). The Morgan fingerprint density at radius 1 is 0.551 bits per heavy atom. The number of para-hydroxylation sites is 1. The molecule has 0 aliphatic heterocycles. The lowest BCUT2D eigenvalue weighted by Gasteiger charge is -2.57. The summed E-state index contributed by atoms with van der Waals surface area (Å²) in [4.78, 5) is 15.3. The molecule has 7 aromatic rings. The molecule has 0 N–H and O–H groups in total. The topological polar surface area (TPSA) is 75.6 Å². The van der Waals surface area contributed by atoms with Crippen LogP contribution in [0.4, 0.5) is 0 Å². The van der Waals surface area contributed by atoms with Gasteiger partial charge in [-0.15, -0.1) is 0 Å². The Morgan fingerprint density at radius 2 is 1.14 bits per heavy atom. The molecule has 5 heteroatoms. The van der Waals surface area contributed by atoms with Gasteiger partial charge in [-0.3, -0.25) is 0 Å². The Bertz CT molecular complexity index is 2400. The van der Waals surface area contributed by atoms with Crippen molar-refractivity contribution in [3.63, 3.8) is 0 Å². The van der Waals surface area contributed by atoms with Gasteiger partial charge in [0.2, 0.25) is 0 Å². The van der Waals surface area contributed by atoms with Crippen LogP contribution in [0.15, 0.2) is 120 Å². The number of benzene rings is 5. The summed E-state index contributed by atoms with van der Waals surface area (Å²) in [6, 6.07) is 41.9. The summed E-state index contributed by atoms with van der Waals surface area (Å²) in [7, 11) is 0. The first kappa shape index (κ1) is 28.4. The second kappa shape index (κ2) is 11.0. The van der Waals surface area contributed by atoms with Gasteiger partial charge in [-0.05, 0) is 109 Å². The fraction of sp³-hybridized carbons (Fsp3) is 0.227. The molecule has 4 aliphatic carbocycles. The van der Waals surface area contributed by atoms with E-state index in [4.69, 9.17) is 19.4 Å². The lowest BCUT2D eigenvalue weighted by atomic mass is 9.48. The van der Waals surface area contributed by atoms with Crippen LogP contribution >= 0.6 is 0 Å². The second-order valence-corrected chi connectivity index (χ2v) is 14.6. The van der Waals surface area contributed by atoms with Gasteiger partial charge in [0, 0.05) is 27.5 Å². The average molecular weight is 635 g/mol. The van der Waals surface area contributed by atoms with Crippen LogP contribution in [0, 0.1) is 29.1 Å². The van der Waals surface area contributed by atoms with Crippen LogP contribution in [0.1, 0.15) is 49.7 Å². The predicted octanol–water partition coefficient (Wildman–Crippen LogP) is 10.8. The first-order chi connectivity index (χ1) is 24.1. The second-order valence-electron chi connectivity index (χ2n) is 14.6. The van der Waals surface area contributed by atoms with Gasteiger partial charge in [-0.2, -0.15) is 5.26 Å². The van der Waals surface area contributed by atoms with E-state index >= 15 is 0 Å². The van der Waals surface area contributed by atoms with Gasteiger partial charge < -0.3 is 4.42 Å². The molecule has 5 aromatic carbocycles. The van der Waals surface area contributed by atoms with E-state index in [1.807, 2.05) is 30.3 Å². The number of furan rings is 1. The van der Waals surface area contributed by atoms with Crippen LogP contribution < -0.4 is 0 Å². The maximum absolute atomic E-state index is 9.67. The smallest absolute Gasteiger partial charge is 0.164 e. The van der Waals surface area contributed by atoms with Crippen LogP contribution in [0.3, 0.4) is 0 Å². The van der Waals surface area contributed by atoms with Gasteiger partial charge in [-0.25, -0.2) is 15.0 Å². The van der Waals surface area contributed by atoms with E-state index in [9.17, 15) is 5.26 Å². The number of rotatable bonds is 5. The van der Waals surface area contributed by atoms with Crippen molar-refractivity contribution >= 4 is 21.9 Å². The van der Waals surface area contributed by atoms with E-state index in [0.29, 0.717) is 34.0 Å². The molecule has 4 aliphatic rings. The Kier molecular flexibility index (Phi) is 6.36. The predicted molar refractivity (Wildman–Crippen MR) is 193 cm³/mol. The first-order valence-electron chi connectivity index (χ1n) is 17.5. The summed E-state index contributed by atoms with van der Waals surface area (Å²) in [5.74, 6) is 4.60. The number of fused-ring (bicyclic) bond motifs is 3. The summed E-state index contributed by atoms with van der Waals surface area (Å²) in [6.45, 7) is 0. The fourth-order valence-corrected chi connectivity index (χ4v) is 9.69. The molecular formula is C44H34N4O. The zero-order valence-corrected chi connectivity index (χ0v) is 27.1. The highest BCUT2D eigenvalue weighted by Crippen LogP contribution is 2.60. The standard InChI is InChI=1S/C44H34N4O/c45-26-35-10-5-11-37-38-22-34(14-17-39(38)49-40(35)37)43-47-41(46-42(48-43)33-9-4-8-32(21-33)30-6-2-1-3-7-30)31-12-15-36(16-13-31)44-23-27-18-28(24-44)20-29(19-27)25-44/h1-17,21-22,27-29H,18-20,23-25H2/t27-,28+,29?,44?. The van der Waals surface area contributed by atoms with Crippen molar-refractivity contribution in [3.8, 4) is 51.4 Å². The summed E-state index contributed by atoms with van der Waals surface area (Å²) in [6.07, 6.45) is 8.36. The van der Waals surface area contributed by atoms with Crippen molar-refractivity contribution in [3.05, 3.63) is 126 Å². The molecule has 49 heavy (non-hydrogen) atoms. The van der Waals surface area contributed by atoms with E-state index in [1.165, 1.54) is 44.1 Å². The van der Waals surface area contributed by atoms with Gasteiger partial charge in [0.25, 0.3) is 0 Å². The Balaban J connectivity index is 1.10. The number of aromatic nitrogens is 3. The molecular weight excluding hydrogens is 601 g/mol. The van der Waals surface area contributed by atoms with Gasteiger partial charge in [0.05, 0.1) is 5.56 Å². The third-order valence-electron chi connectivity index (χ3n) is 11.5. The normalized spacial score (nSPS) is 22.5. The molecule has 4 saturated carbocycles. The monoisotopic (exact) mass is 634 g/mol. The van der Waals surface area contributed by atoms with E-state index < -0.39 is 0 Å². The maximum atomic E-state index is 9.67. The minimum absolute atomic E-state index is 0.342. The largest absolute Gasteiger partial charge is 0.455 e. The highest BCUT2D eigenvalue weighted by Gasteiger charge is 2.51. The number of nitrogens with zero attached hydrogens (tertiary/aromatic N) is 4. The molecule has 0 radical (unpaired) electrons. The minimum atomic E-state index is 0.342. The van der Waals surface area contributed by atoms with Gasteiger partial charge in [0.1, 0.15) is 11.7 Å². The van der Waals surface area contributed by atoms with Crippen molar-refractivity contribution < 1.29 is 4.42 Å². The summed E-state index contributed by atoms with van der Waals surface area (Å²) < 4.78 is 6.13. The molecule has 0 unspecified atom stereocenters. The molecule has 0 atom stereocenters. The third kappa shape index (κ3) is 4.77. The van der Waals surface area contributed by atoms with Crippen LogP contribution in [0.2, 0.25) is 0 Å². The molecule has 4 bridgehead atoms. The van der Waals surface area contributed by atoms with Crippen LogP contribution in [-0.4, -0.2) is 15.0 Å². The third-order valence-corrected chi connectivity index (χ3v) is 11.5. The zero-order valence-electron chi connectivity index (χ0n) is 27.1. The highest BCUT2D eigenvalue weighted by atomic mass is 16.3. The molecule has 2 aromatic heterocycles. The molecule has 236 valence electrons. The number of hydrogen-bond donors (Lipinski definition) is 0. The molecule has 0 amide bonds. The maximum Gasteiger partial charge on any atom is 0.164 e. The highest BCUT2D eigenvalue weighted by molar-refractivity contribution is 6.07. The van der Waals surface area contributed by atoms with Crippen molar-refractivity contribution in [2.75, 3.05) is 0 Å². The molecule has 0 saturated heterocycles. The quantitative estimate of drug-likeness (QED) is 0.188. The lowest BCUT2D eigenvalue weighted by molar-refractivity contribution is -0.00518. The zero-order chi connectivity index (χ0) is 32.5. The van der Waals surface area contributed by atoms with E-state index in [2.05, 4.69) is 84.9 Å². The lowest BCUT2D eigenvalue weighted by Crippen LogP contribution is -2.48. The van der Waals surface area contributed by atoms with Gasteiger partial charge in [0.15, 0.2) is 23.1 Å². The summed E-state index contributed by atoms with van der Waals surface area (Å²) >= 11 is 0. The van der Waals surface area contributed by atoms with Crippen molar-refractivity contribution in [1.29, 1.82) is 5.26 Å². The summed E-state index contributed by atoms with van der Waals surface area (Å²) in [5.41, 5.74) is 8.74. The fourth-order valence-electron chi connectivity index (χ4n) is 9.69. The van der Waals surface area contributed by atoms with E-state index in [1.54, 1.807) is 6.07 Å². The van der Waals surface area contributed by atoms with Gasteiger partial charge in [-0.1, -0.05) is 84.9 Å². The molecule has 5 nitrogen and oxygen atoms in total. The van der Waals surface area contributed by atoms with Crippen molar-refractivity contribution in [2.24, 2.45) is 17.8 Å². The SMILES string of the molecule is N#Cc1cccc2c1oc1ccc(-c3nc(-c4ccc(C56CC7C[C@H](C5)C[C@@H](C7)C6)cc4)nc(-c4cccc(-c5ccccc5)c4)n3)cc12. The van der Waals surface area contributed by atoms with Gasteiger partial charge >= 0.3 is 0 Å². The average Bonchev–Trinajstić information content (AvgIpc) is 3.53. The summed E-state index contributed by atoms with van der Waals surface area (Å²) in [5, 5.41) is 11.5. The Labute approximate surface area is 285 Å². The molecule has 2 heterocycles. The van der Waals surface area contributed by atoms with Crippen LogP contribution in [0.5, 0.6) is 0 Å².